The van der Waals surface area contributed by atoms with Gasteiger partial charge in [-0.1, -0.05) is 39.5 Å². The van der Waals surface area contributed by atoms with Gasteiger partial charge in [-0.05, 0) is 5.92 Å². The van der Waals surface area contributed by atoms with Crippen LogP contribution in [0.4, 0.5) is 0 Å². The second-order valence-electron chi connectivity index (χ2n) is 4.37. The number of thiazole rings is 1. The number of carbonyl (C=O) groups is 1. The van der Waals surface area contributed by atoms with Gasteiger partial charge in [0.1, 0.15) is 10.7 Å². The molecule has 0 amide bonds. The van der Waals surface area contributed by atoms with E-state index in [0.29, 0.717) is 24.6 Å². The first-order valence-corrected chi connectivity index (χ1v) is 7.26. The number of Topliss-reactive ketones (excluding diaryl/α,β-unsaturated/α-hetero) is 1. The fraction of sp³-hybridized carbons (Fsp3) is 0.692. The lowest BCUT2D eigenvalue weighted by atomic mass is 9.93. The lowest BCUT2D eigenvalue weighted by Crippen LogP contribution is -2.09. The molecule has 0 fully saturated rings. The van der Waals surface area contributed by atoms with Gasteiger partial charge in [-0.25, -0.2) is 4.98 Å². The van der Waals surface area contributed by atoms with E-state index in [2.05, 4.69) is 18.8 Å². The Bertz CT molecular complexity index is 349. The molecule has 0 spiro atoms. The van der Waals surface area contributed by atoms with E-state index in [1.807, 2.05) is 5.38 Å². The summed E-state index contributed by atoms with van der Waals surface area (Å²) >= 11 is 1.47. The Morgan fingerprint density at radius 1 is 1.53 bits per heavy atom. The van der Waals surface area contributed by atoms with Crippen molar-refractivity contribution in [1.82, 2.24) is 4.98 Å². The van der Waals surface area contributed by atoms with E-state index in [1.165, 1.54) is 24.2 Å². The number of rotatable bonds is 8. The van der Waals surface area contributed by atoms with E-state index in [1.54, 1.807) is 0 Å². The summed E-state index contributed by atoms with van der Waals surface area (Å²) < 4.78 is 0. The maximum absolute atomic E-state index is 12.0. The molecule has 1 atom stereocenters. The molecule has 0 aliphatic rings. The van der Waals surface area contributed by atoms with E-state index >= 15 is 0 Å². The number of hydrogen-bond donors (Lipinski definition) is 1. The normalized spacial score (nSPS) is 12.6. The smallest absolute Gasteiger partial charge is 0.182 e. The third-order valence-corrected chi connectivity index (χ3v) is 3.90. The standard InChI is InChI=1S/C13H22N2OS/c1-3-5-6-10(4-2)7-12(16)11-9-17-13(8-14)15-11/h9-10H,3-8,14H2,1-2H3. The molecular weight excluding hydrogens is 232 g/mol. The number of hydrogen-bond acceptors (Lipinski definition) is 4. The number of unbranched alkanes of at least 4 members (excludes halogenated alkanes) is 1. The number of nitrogens with two attached hydrogens (primary N) is 1. The van der Waals surface area contributed by atoms with Crippen molar-refractivity contribution in [2.75, 3.05) is 0 Å². The molecule has 4 heteroatoms. The molecule has 0 saturated carbocycles. The zero-order chi connectivity index (χ0) is 12.7. The van der Waals surface area contributed by atoms with Crippen LogP contribution >= 0.6 is 11.3 Å². The minimum atomic E-state index is 0.170. The lowest BCUT2D eigenvalue weighted by molar-refractivity contribution is 0.0952. The van der Waals surface area contributed by atoms with Gasteiger partial charge in [0.25, 0.3) is 0 Å². The zero-order valence-corrected chi connectivity index (χ0v) is 11.6. The molecule has 17 heavy (non-hydrogen) atoms. The molecule has 0 aliphatic carbocycles. The highest BCUT2D eigenvalue weighted by Crippen LogP contribution is 2.20. The van der Waals surface area contributed by atoms with Gasteiger partial charge in [-0.3, -0.25) is 4.79 Å². The first-order valence-electron chi connectivity index (χ1n) is 6.38. The van der Waals surface area contributed by atoms with Crippen molar-refractivity contribution in [3.63, 3.8) is 0 Å². The molecule has 1 heterocycles. The fourth-order valence-corrected chi connectivity index (χ4v) is 2.52. The Morgan fingerprint density at radius 3 is 2.82 bits per heavy atom. The summed E-state index contributed by atoms with van der Waals surface area (Å²) in [6, 6.07) is 0. The van der Waals surface area contributed by atoms with Crippen molar-refractivity contribution < 1.29 is 4.79 Å². The number of ketones is 1. The van der Waals surface area contributed by atoms with Crippen LogP contribution in [-0.2, 0) is 6.54 Å². The quantitative estimate of drug-likeness (QED) is 0.723. The largest absolute Gasteiger partial charge is 0.325 e. The minimum Gasteiger partial charge on any atom is -0.325 e. The molecule has 2 N–H and O–H groups in total. The van der Waals surface area contributed by atoms with E-state index < -0.39 is 0 Å². The van der Waals surface area contributed by atoms with Crippen LogP contribution in [0, 0.1) is 5.92 Å². The molecule has 3 nitrogen and oxygen atoms in total. The van der Waals surface area contributed by atoms with Crippen LogP contribution in [0.15, 0.2) is 5.38 Å². The second-order valence-corrected chi connectivity index (χ2v) is 5.32. The monoisotopic (exact) mass is 254 g/mol. The Balaban J connectivity index is 2.51. The third-order valence-electron chi connectivity index (χ3n) is 3.03. The molecule has 0 bridgehead atoms. The lowest BCUT2D eigenvalue weighted by Gasteiger charge is -2.12. The minimum absolute atomic E-state index is 0.170. The van der Waals surface area contributed by atoms with Gasteiger partial charge < -0.3 is 5.73 Å². The van der Waals surface area contributed by atoms with Crippen LogP contribution in [0.3, 0.4) is 0 Å². The van der Waals surface area contributed by atoms with E-state index in [9.17, 15) is 4.79 Å². The van der Waals surface area contributed by atoms with Crippen LogP contribution in [0.1, 0.15) is 61.4 Å². The summed E-state index contributed by atoms with van der Waals surface area (Å²) in [6.45, 7) is 4.76. The Hall–Kier alpha value is -0.740. The molecule has 0 saturated heterocycles. The van der Waals surface area contributed by atoms with Crippen molar-refractivity contribution >= 4 is 17.1 Å². The van der Waals surface area contributed by atoms with Crippen LogP contribution in [0.2, 0.25) is 0 Å². The van der Waals surface area contributed by atoms with Gasteiger partial charge in [0.05, 0.1) is 0 Å². The van der Waals surface area contributed by atoms with Gasteiger partial charge in [-0.2, -0.15) is 0 Å². The van der Waals surface area contributed by atoms with Crippen LogP contribution in [-0.4, -0.2) is 10.8 Å². The second kappa shape index (κ2) is 7.56. The summed E-state index contributed by atoms with van der Waals surface area (Å²) in [5.74, 6) is 0.675. The highest BCUT2D eigenvalue weighted by molar-refractivity contribution is 7.09. The maximum Gasteiger partial charge on any atom is 0.182 e. The number of nitrogens with zero attached hydrogens (tertiary/aromatic N) is 1. The molecule has 0 aromatic carbocycles. The Labute approximate surface area is 107 Å². The van der Waals surface area contributed by atoms with Gasteiger partial charge >= 0.3 is 0 Å². The van der Waals surface area contributed by atoms with Crippen molar-refractivity contribution in [2.45, 2.75) is 52.5 Å². The topological polar surface area (TPSA) is 56.0 Å². The maximum atomic E-state index is 12.0. The summed E-state index contributed by atoms with van der Waals surface area (Å²) in [5.41, 5.74) is 6.10. The van der Waals surface area contributed by atoms with E-state index in [0.717, 1.165) is 17.8 Å². The van der Waals surface area contributed by atoms with Gasteiger partial charge in [-0.15, -0.1) is 11.3 Å². The van der Waals surface area contributed by atoms with Gasteiger partial charge in [0, 0.05) is 18.3 Å². The fourth-order valence-electron chi connectivity index (χ4n) is 1.84. The predicted octanol–water partition coefficient (Wildman–Crippen LogP) is 3.39. The highest BCUT2D eigenvalue weighted by Gasteiger charge is 2.15. The molecule has 1 aromatic heterocycles. The molecule has 0 radical (unpaired) electrons. The Kier molecular flexibility index (Phi) is 6.37. The first kappa shape index (κ1) is 14.3. The SMILES string of the molecule is CCCCC(CC)CC(=O)c1csc(CN)n1. The first-order chi connectivity index (χ1) is 8.21. The number of carbonyl (C=O) groups excluding carboxylic acids is 1. The molecule has 96 valence electrons. The predicted molar refractivity (Wildman–Crippen MR) is 72.3 cm³/mol. The molecular formula is C13H22N2OS. The average molecular weight is 254 g/mol. The molecule has 1 unspecified atom stereocenters. The summed E-state index contributed by atoms with van der Waals surface area (Å²) in [7, 11) is 0. The van der Waals surface area contributed by atoms with Crippen molar-refractivity contribution in [2.24, 2.45) is 11.7 Å². The van der Waals surface area contributed by atoms with Crippen molar-refractivity contribution in [1.29, 1.82) is 0 Å². The van der Waals surface area contributed by atoms with Crippen LogP contribution in [0.25, 0.3) is 0 Å². The summed E-state index contributed by atoms with van der Waals surface area (Å²) in [5, 5.41) is 2.67. The summed E-state index contributed by atoms with van der Waals surface area (Å²) in [4.78, 5) is 16.3. The zero-order valence-electron chi connectivity index (χ0n) is 10.7. The van der Waals surface area contributed by atoms with E-state index in [-0.39, 0.29) is 5.78 Å². The molecule has 1 aromatic rings. The van der Waals surface area contributed by atoms with E-state index in [4.69, 9.17) is 5.73 Å². The van der Waals surface area contributed by atoms with Gasteiger partial charge in [0.2, 0.25) is 0 Å². The van der Waals surface area contributed by atoms with Crippen molar-refractivity contribution in [3.05, 3.63) is 16.1 Å². The average Bonchev–Trinajstić information content (AvgIpc) is 2.83. The van der Waals surface area contributed by atoms with Crippen LogP contribution < -0.4 is 5.73 Å². The van der Waals surface area contributed by atoms with Gasteiger partial charge in [0.15, 0.2) is 5.78 Å². The summed E-state index contributed by atoms with van der Waals surface area (Å²) in [6.07, 6.45) is 5.24. The Morgan fingerprint density at radius 2 is 2.29 bits per heavy atom. The van der Waals surface area contributed by atoms with Crippen molar-refractivity contribution in [3.8, 4) is 0 Å². The molecule has 0 aliphatic heterocycles. The number of aromatic nitrogens is 1. The van der Waals surface area contributed by atoms with Crippen LogP contribution in [0.5, 0.6) is 0 Å². The highest BCUT2D eigenvalue weighted by atomic mass is 32.1. The molecule has 1 rings (SSSR count). The third kappa shape index (κ3) is 4.56.